The van der Waals surface area contributed by atoms with Crippen molar-refractivity contribution in [2.24, 2.45) is 0 Å². The van der Waals surface area contributed by atoms with Crippen molar-refractivity contribution in [3.8, 4) is 0 Å². The average Bonchev–Trinajstić information content (AvgIpc) is 2.12. The van der Waals surface area contributed by atoms with E-state index in [1.807, 2.05) is 0 Å². The average molecular weight is 176 g/mol. The summed E-state index contributed by atoms with van der Waals surface area (Å²) in [6.07, 6.45) is 1.14. The van der Waals surface area contributed by atoms with Crippen LogP contribution in [0.5, 0.6) is 0 Å². The smallest absolute Gasteiger partial charge is 0.346 e. The van der Waals surface area contributed by atoms with E-state index < -0.39 is 5.63 Å². The fourth-order valence-corrected chi connectivity index (χ4v) is 1.27. The van der Waals surface area contributed by atoms with Gasteiger partial charge >= 0.3 is 5.63 Å². The third-order valence-corrected chi connectivity index (χ3v) is 2.04. The Balaban J connectivity index is 3.06. The van der Waals surface area contributed by atoms with Crippen LogP contribution in [0.4, 0.5) is 5.69 Å². The second-order valence-corrected chi connectivity index (χ2v) is 2.81. The molecule has 0 saturated carbocycles. The molecule has 2 aromatic rings. The molecule has 0 bridgehead atoms. The molecule has 1 heterocycles. The minimum Gasteiger partial charge on any atom is -0.411 e. The molecular weight excluding hydrogens is 168 g/mol. The maximum Gasteiger partial charge on any atom is 0.346 e. The van der Waals surface area contributed by atoms with E-state index in [0.717, 1.165) is 12.0 Å². The lowest BCUT2D eigenvalue weighted by Crippen LogP contribution is -2.03. The second-order valence-electron chi connectivity index (χ2n) is 2.81. The predicted molar refractivity (Wildman–Crippen MR) is 49.4 cm³/mol. The van der Waals surface area contributed by atoms with Gasteiger partial charge < -0.3 is 10.2 Å². The third-order valence-electron chi connectivity index (χ3n) is 2.04. The summed E-state index contributed by atoms with van der Waals surface area (Å²) < 4.78 is 4.65. The summed E-state index contributed by atoms with van der Waals surface area (Å²) >= 11 is 0. The van der Waals surface area contributed by atoms with Crippen molar-refractivity contribution >= 4 is 16.6 Å². The molecule has 0 saturated heterocycles. The molecule has 4 nitrogen and oxygen atoms in total. The van der Waals surface area contributed by atoms with E-state index in [9.17, 15) is 4.79 Å². The molecule has 66 valence electrons. The Morgan fingerprint density at radius 1 is 1.46 bits per heavy atom. The number of hydrogen-bond acceptors (Lipinski definition) is 4. The highest BCUT2D eigenvalue weighted by Gasteiger charge is 2.06. The molecule has 0 aliphatic rings. The van der Waals surface area contributed by atoms with Gasteiger partial charge in [-0.2, -0.15) is 0 Å². The zero-order valence-corrected chi connectivity index (χ0v) is 7.07. The quantitative estimate of drug-likeness (QED) is 0.610. The summed E-state index contributed by atoms with van der Waals surface area (Å²) in [6, 6.07) is 3.43. The highest BCUT2D eigenvalue weighted by molar-refractivity contribution is 5.84. The molecule has 4 heteroatoms. The first-order valence-corrected chi connectivity index (χ1v) is 3.83. The summed E-state index contributed by atoms with van der Waals surface area (Å²) in [7, 11) is 0. The van der Waals surface area contributed by atoms with Crippen molar-refractivity contribution in [3.05, 3.63) is 34.5 Å². The van der Waals surface area contributed by atoms with Gasteiger partial charge in [0.15, 0.2) is 6.39 Å². The van der Waals surface area contributed by atoms with Crippen LogP contribution in [-0.4, -0.2) is 4.98 Å². The van der Waals surface area contributed by atoms with Gasteiger partial charge in [-0.05, 0) is 24.6 Å². The van der Waals surface area contributed by atoms with E-state index in [-0.39, 0.29) is 0 Å². The molecule has 2 rings (SSSR count). The van der Waals surface area contributed by atoms with Crippen molar-refractivity contribution in [2.75, 3.05) is 5.73 Å². The second kappa shape index (κ2) is 2.58. The monoisotopic (exact) mass is 176 g/mol. The highest BCUT2D eigenvalue weighted by atomic mass is 16.4. The highest BCUT2D eigenvalue weighted by Crippen LogP contribution is 2.18. The van der Waals surface area contributed by atoms with Crippen LogP contribution >= 0.6 is 0 Å². The molecule has 0 unspecified atom stereocenters. The van der Waals surface area contributed by atoms with E-state index in [0.29, 0.717) is 16.6 Å². The molecular formula is C9H8N2O2. The van der Waals surface area contributed by atoms with Crippen molar-refractivity contribution < 1.29 is 4.42 Å². The number of nitrogens with zero attached hydrogens (tertiary/aromatic N) is 1. The van der Waals surface area contributed by atoms with Gasteiger partial charge in [-0.3, -0.25) is 0 Å². The largest absolute Gasteiger partial charge is 0.411 e. The number of anilines is 1. The Morgan fingerprint density at radius 2 is 2.23 bits per heavy atom. The van der Waals surface area contributed by atoms with Crippen LogP contribution in [0.25, 0.3) is 10.9 Å². The van der Waals surface area contributed by atoms with Gasteiger partial charge in [0.25, 0.3) is 0 Å². The van der Waals surface area contributed by atoms with Crippen LogP contribution < -0.4 is 11.4 Å². The van der Waals surface area contributed by atoms with Crippen molar-refractivity contribution in [1.82, 2.24) is 4.98 Å². The van der Waals surface area contributed by atoms with E-state index >= 15 is 0 Å². The van der Waals surface area contributed by atoms with Gasteiger partial charge in [0.2, 0.25) is 0 Å². The Hall–Kier alpha value is -1.84. The number of nitrogen functional groups attached to an aromatic ring is 1. The Morgan fingerprint density at radius 3 is 3.00 bits per heavy atom. The molecule has 1 aromatic carbocycles. The molecule has 13 heavy (non-hydrogen) atoms. The Bertz CT molecular complexity index is 516. The van der Waals surface area contributed by atoms with Gasteiger partial charge in [0.1, 0.15) is 0 Å². The van der Waals surface area contributed by atoms with Crippen LogP contribution in [0.15, 0.2) is 27.7 Å². The number of aryl methyl sites for hydroxylation is 1. The van der Waals surface area contributed by atoms with Gasteiger partial charge in [-0.1, -0.05) is 0 Å². The lowest BCUT2D eigenvalue weighted by Gasteiger charge is -2.01. The molecule has 0 fully saturated rings. The SMILES string of the molecule is Cc1c(N)ccc2ncoc(=O)c12. The fraction of sp³-hybridized carbons (Fsp3) is 0.111. The standard InChI is InChI=1S/C9H8N2O2/c1-5-6(10)2-3-7-8(5)9(12)13-4-11-7/h2-4H,10H2,1H3. The van der Waals surface area contributed by atoms with Gasteiger partial charge in [-0.15, -0.1) is 0 Å². The van der Waals surface area contributed by atoms with Gasteiger partial charge in [-0.25, -0.2) is 9.78 Å². The van der Waals surface area contributed by atoms with E-state index in [1.165, 1.54) is 0 Å². The van der Waals surface area contributed by atoms with E-state index in [1.54, 1.807) is 19.1 Å². The lowest BCUT2D eigenvalue weighted by atomic mass is 10.1. The number of rotatable bonds is 0. The van der Waals surface area contributed by atoms with Gasteiger partial charge in [0.05, 0.1) is 10.9 Å². The van der Waals surface area contributed by atoms with Crippen molar-refractivity contribution in [2.45, 2.75) is 6.92 Å². The predicted octanol–water partition coefficient (Wildman–Crippen LogP) is 1.08. The summed E-state index contributed by atoms with van der Waals surface area (Å²) in [4.78, 5) is 15.2. The number of benzene rings is 1. The van der Waals surface area contributed by atoms with E-state index in [4.69, 9.17) is 5.73 Å². The minimum absolute atomic E-state index is 0.394. The molecule has 0 amide bonds. The topological polar surface area (TPSA) is 69.1 Å². The van der Waals surface area contributed by atoms with Crippen LogP contribution in [-0.2, 0) is 0 Å². The van der Waals surface area contributed by atoms with Crippen LogP contribution in [0.1, 0.15) is 5.56 Å². The van der Waals surface area contributed by atoms with Crippen LogP contribution in [0, 0.1) is 6.92 Å². The number of hydrogen-bond donors (Lipinski definition) is 1. The van der Waals surface area contributed by atoms with Gasteiger partial charge in [0, 0.05) is 5.69 Å². The molecule has 0 aliphatic carbocycles. The van der Waals surface area contributed by atoms with E-state index in [2.05, 4.69) is 9.40 Å². The zero-order chi connectivity index (χ0) is 9.42. The zero-order valence-electron chi connectivity index (χ0n) is 7.07. The maximum absolute atomic E-state index is 11.3. The first-order valence-electron chi connectivity index (χ1n) is 3.83. The first kappa shape index (κ1) is 7.79. The summed E-state index contributed by atoms with van der Waals surface area (Å²) in [6.45, 7) is 1.77. The molecule has 2 N–H and O–H groups in total. The number of nitrogens with two attached hydrogens (primary N) is 1. The maximum atomic E-state index is 11.3. The first-order chi connectivity index (χ1) is 6.20. The summed E-state index contributed by atoms with van der Waals surface area (Å²) in [5, 5.41) is 0.461. The fourth-order valence-electron chi connectivity index (χ4n) is 1.27. The normalized spacial score (nSPS) is 10.5. The minimum atomic E-state index is -0.394. The summed E-state index contributed by atoms with van der Waals surface area (Å²) in [5.41, 5.74) is 7.16. The summed E-state index contributed by atoms with van der Waals surface area (Å²) in [5.74, 6) is 0. The number of aromatic nitrogens is 1. The molecule has 0 spiro atoms. The third kappa shape index (κ3) is 1.07. The Labute approximate surface area is 74.0 Å². The van der Waals surface area contributed by atoms with Crippen molar-refractivity contribution in [3.63, 3.8) is 0 Å². The molecule has 0 atom stereocenters. The Kier molecular flexibility index (Phi) is 1.55. The number of fused-ring (bicyclic) bond motifs is 1. The molecule has 0 aliphatic heterocycles. The van der Waals surface area contributed by atoms with Crippen molar-refractivity contribution in [1.29, 1.82) is 0 Å². The molecule has 0 radical (unpaired) electrons. The lowest BCUT2D eigenvalue weighted by molar-refractivity contribution is 0.501. The van der Waals surface area contributed by atoms with Crippen LogP contribution in [0.3, 0.4) is 0 Å². The van der Waals surface area contributed by atoms with Crippen LogP contribution in [0.2, 0.25) is 0 Å². The molecule has 1 aromatic heterocycles.